The molecule has 1 spiro atoms. The second-order valence-electron chi connectivity index (χ2n) is 6.14. The van der Waals surface area contributed by atoms with Gasteiger partial charge in [-0.05, 0) is 36.1 Å². The Balaban J connectivity index is 1.75. The average molecular weight is 365 g/mol. The van der Waals surface area contributed by atoms with Crippen molar-refractivity contribution in [3.8, 4) is 0 Å². The van der Waals surface area contributed by atoms with Gasteiger partial charge < -0.3 is 4.74 Å². The maximum Gasteiger partial charge on any atom is 0.490 e. The third-order valence-corrected chi connectivity index (χ3v) is 4.50. The fourth-order valence-corrected chi connectivity index (χ4v) is 3.09. The summed E-state index contributed by atoms with van der Waals surface area (Å²) >= 11 is 0. The minimum Gasteiger partial charge on any atom is -0.439 e. The average Bonchev–Trinajstić information content (AvgIpc) is 2.97. The molecule has 0 radical (unpaired) electrons. The van der Waals surface area contributed by atoms with E-state index in [1.165, 1.54) is 12.1 Å². The molecule has 1 heterocycles. The number of hydrogen-bond acceptors (Lipinski definition) is 3. The molecule has 2 unspecified atom stereocenters. The van der Waals surface area contributed by atoms with E-state index >= 15 is 0 Å². The van der Waals surface area contributed by atoms with E-state index in [-0.39, 0.29) is 0 Å². The molecule has 0 aromatic heterocycles. The molecule has 1 aliphatic heterocycles. The van der Waals surface area contributed by atoms with Crippen LogP contribution in [0.3, 0.4) is 0 Å². The van der Waals surface area contributed by atoms with Gasteiger partial charge in [-0.15, -0.1) is 0 Å². The predicted molar refractivity (Wildman–Crippen MR) is 75.0 cm³/mol. The SMILES string of the molecule is O=C(OC1NCC12C=C(c1ccc(C(F)(F)F)cc1)CC2)C(F)(F)F. The van der Waals surface area contributed by atoms with E-state index in [1.807, 2.05) is 0 Å². The van der Waals surface area contributed by atoms with Gasteiger partial charge in [-0.3, -0.25) is 5.32 Å². The third kappa shape index (κ3) is 3.37. The Morgan fingerprint density at radius 2 is 1.76 bits per heavy atom. The molecule has 1 saturated heterocycles. The van der Waals surface area contributed by atoms with Crippen molar-refractivity contribution in [3.05, 3.63) is 41.5 Å². The number of alkyl halides is 6. The molecule has 136 valence electrons. The zero-order chi connectivity index (χ0) is 18.5. The Hall–Kier alpha value is -2.03. The van der Waals surface area contributed by atoms with Crippen LogP contribution in [0.25, 0.3) is 5.57 Å². The molecule has 1 aromatic rings. The molecule has 2 atom stereocenters. The molecule has 0 saturated carbocycles. The summed E-state index contributed by atoms with van der Waals surface area (Å²) in [5.41, 5.74) is -0.230. The van der Waals surface area contributed by atoms with Crippen LogP contribution in [-0.4, -0.2) is 24.9 Å². The largest absolute Gasteiger partial charge is 0.490 e. The van der Waals surface area contributed by atoms with Crippen LogP contribution in [0.5, 0.6) is 0 Å². The van der Waals surface area contributed by atoms with Crippen LogP contribution in [-0.2, 0) is 15.7 Å². The van der Waals surface area contributed by atoms with Crippen LogP contribution < -0.4 is 5.32 Å². The molecule has 1 N–H and O–H groups in total. The first kappa shape index (κ1) is 17.8. The summed E-state index contributed by atoms with van der Waals surface area (Å²) in [7, 11) is 0. The monoisotopic (exact) mass is 365 g/mol. The summed E-state index contributed by atoms with van der Waals surface area (Å²) in [4.78, 5) is 11.0. The van der Waals surface area contributed by atoms with E-state index < -0.39 is 35.5 Å². The zero-order valence-corrected chi connectivity index (χ0v) is 12.7. The second kappa shape index (κ2) is 5.76. The van der Waals surface area contributed by atoms with Crippen molar-refractivity contribution in [2.24, 2.45) is 5.41 Å². The summed E-state index contributed by atoms with van der Waals surface area (Å²) in [5, 5.41) is 2.65. The summed E-state index contributed by atoms with van der Waals surface area (Å²) in [6.45, 7) is 0.340. The van der Waals surface area contributed by atoms with Crippen LogP contribution in [0.1, 0.15) is 24.0 Å². The van der Waals surface area contributed by atoms with Crippen LogP contribution in [0, 0.1) is 5.41 Å². The number of halogens is 6. The quantitative estimate of drug-likeness (QED) is 0.638. The third-order valence-electron chi connectivity index (χ3n) is 4.50. The van der Waals surface area contributed by atoms with Crippen molar-refractivity contribution in [3.63, 3.8) is 0 Å². The molecule has 2 aliphatic rings. The van der Waals surface area contributed by atoms with Gasteiger partial charge in [0, 0.05) is 6.54 Å². The molecule has 3 rings (SSSR count). The highest BCUT2D eigenvalue weighted by Crippen LogP contribution is 2.47. The summed E-state index contributed by atoms with van der Waals surface area (Å²) in [6, 6.07) is 4.58. The van der Waals surface area contributed by atoms with Gasteiger partial charge in [0.15, 0.2) is 6.23 Å². The fraction of sp³-hybridized carbons (Fsp3) is 0.438. The Kier molecular flexibility index (Phi) is 4.09. The molecule has 1 aromatic carbocycles. The van der Waals surface area contributed by atoms with Gasteiger partial charge in [0.1, 0.15) is 0 Å². The number of benzene rings is 1. The number of allylic oxidation sites excluding steroid dienone is 1. The lowest BCUT2D eigenvalue weighted by molar-refractivity contribution is -0.218. The highest BCUT2D eigenvalue weighted by Gasteiger charge is 2.53. The van der Waals surface area contributed by atoms with Gasteiger partial charge in [0.2, 0.25) is 0 Å². The number of rotatable bonds is 2. The number of esters is 1. The molecule has 1 fully saturated rings. The van der Waals surface area contributed by atoms with E-state index in [4.69, 9.17) is 0 Å². The van der Waals surface area contributed by atoms with Crippen LogP contribution in [0.4, 0.5) is 26.3 Å². The van der Waals surface area contributed by atoms with Gasteiger partial charge in [-0.2, -0.15) is 26.3 Å². The fourth-order valence-electron chi connectivity index (χ4n) is 3.09. The number of nitrogens with one attached hydrogen (secondary N) is 1. The normalized spacial score (nSPS) is 26.3. The minimum absolute atomic E-state index is 0.340. The van der Waals surface area contributed by atoms with Crippen molar-refractivity contribution in [1.82, 2.24) is 5.32 Å². The lowest BCUT2D eigenvalue weighted by atomic mass is 9.79. The van der Waals surface area contributed by atoms with E-state index in [0.717, 1.165) is 17.7 Å². The lowest BCUT2D eigenvalue weighted by Crippen LogP contribution is -2.63. The summed E-state index contributed by atoms with van der Waals surface area (Å²) in [5.74, 6) is -2.26. The van der Waals surface area contributed by atoms with E-state index in [9.17, 15) is 31.1 Å². The highest BCUT2D eigenvalue weighted by atomic mass is 19.4. The Bertz CT molecular complexity index is 707. The van der Waals surface area contributed by atoms with Crippen LogP contribution in [0.2, 0.25) is 0 Å². The first-order valence-electron chi connectivity index (χ1n) is 7.42. The number of carbonyl (C=O) groups excluding carboxylic acids is 1. The smallest absolute Gasteiger partial charge is 0.439 e. The van der Waals surface area contributed by atoms with Gasteiger partial charge in [0.05, 0.1) is 11.0 Å². The predicted octanol–water partition coefficient (Wildman–Crippen LogP) is 3.90. The summed E-state index contributed by atoms with van der Waals surface area (Å²) in [6.07, 6.45) is -7.97. The van der Waals surface area contributed by atoms with Crippen molar-refractivity contribution in [1.29, 1.82) is 0 Å². The molecule has 0 amide bonds. The molecule has 25 heavy (non-hydrogen) atoms. The lowest BCUT2D eigenvalue weighted by Gasteiger charge is -2.45. The van der Waals surface area contributed by atoms with Gasteiger partial charge in [0.25, 0.3) is 0 Å². The Labute approximate surface area is 138 Å². The van der Waals surface area contributed by atoms with E-state index in [1.54, 1.807) is 6.08 Å². The Morgan fingerprint density at radius 3 is 2.24 bits per heavy atom. The summed E-state index contributed by atoms with van der Waals surface area (Å²) < 4.78 is 79.2. The van der Waals surface area contributed by atoms with Crippen LogP contribution in [0.15, 0.2) is 30.3 Å². The number of ether oxygens (including phenoxy) is 1. The first-order valence-corrected chi connectivity index (χ1v) is 7.42. The molecule has 0 bridgehead atoms. The van der Waals surface area contributed by atoms with E-state index in [0.29, 0.717) is 24.9 Å². The second-order valence-corrected chi connectivity index (χ2v) is 6.14. The van der Waals surface area contributed by atoms with Crippen molar-refractivity contribution >= 4 is 11.5 Å². The van der Waals surface area contributed by atoms with Gasteiger partial charge in [-0.25, -0.2) is 4.79 Å². The van der Waals surface area contributed by atoms with Crippen molar-refractivity contribution in [2.75, 3.05) is 6.54 Å². The number of hydrogen-bond donors (Lipinski definition) is 1. The zero-order valence-electron chi connectivity index (χ0n) is 12.7. The maximum absolute atomic E-state index is 12.6. The molecule has 3 nitrogen and oxygen atoms in total. The van der Waals surface area contributed by atoms with Crippen LogP contribution >= 0.6 is 0 Å². The van der Waals surface area contributed by atoms with Crippen molar-refractivity contribution in [2.45, 2.75) is 31.4 Å². The first-order chi connectivity index (χ1) is 11.5. The van der Waals surface area contributed by atoms with Gasteiger partial charge in [-0.1, -0.05) is 18.2 Å². The highest BCUT2D eigenvalue weighted by molar-refractivity contribution is 5.76. The molecular formula is C16H13F6NO2. The molecule has 9 heteroatoms. The number of carbonyl (C=O) groups is 1. The maximum atomic E-state index is 12.6. The standard InChI is InChI=1S/C16H13F6NO2/c17-15(18,19)11-3-1-9(2-4-11)10-5-6-14(7-10)8-23-12(14)25-13(24)16(20,21)22/h1-4,7,12,23H,5-6,8H2. The Morgan fingerprint density at radius 1 is 1.12 bits per heavy atom. The van der Waals surface area contributed by atoms with E-state index in [2.05, 4.69) is 10.1 Å². The molecule has 1 aliphatic carbocycles. The minimum atomic E-state index is -5.07. The van der Waals surface area contributed by atoms with Crippen molar-refractivity contribution < 1.29 is 35.9 Å². The molecular weight excluding hydrogens is 352 g/mol. The topological polar surface area (TPSA) is 38.3 Å². The van der Waals surface area contributed by atoms with Gasteiger partial charge >= 0.3 is 18.3 Å².